The van der Waals surface area contributed by atoms with Crippen molar-refractivity contribution in [2.45, 2.75) is 26.6 Å². The Morgan fingerprint density at radius 2 is 1.79 bits per heavy atom. The van der Waals surface area contributed by atoms with Crippen LogP contribution in [0.25, 0.3) is 16.7 Å². The van der Waals surface area contributed by atoms with Gasteiger partial charge in [0.1, 0.15) is 24.5 Å². The normalized spacial score (nSPS) is 11.2. The SMILES string of the molecule is CCn1c(=O)n(CC(=O)Nc2cccc(OCc3cn4ccccc4n3)c2)c2ccccc21. The van der Waals surface area contributed by atoms with Crippen molar-refractivity contribution in [3.63, 3.8) is 0 Å². The summed E-state index contributed by atoms with van der Waals surface area (Å²) in [7, 11) is 0. The molecule has 33 heavy (non-hydrogen) atoms. The van der Waals surface area contributed by atoms with E-state index in [9.17, 15) is 9.59 Å². The summed E-state index contributed by atoms with van der Waals surface area (Å²) in [5.74, 6) is 0.332. The average molecular weight is 441 g/mol. The summed E-state index contributed by atoms with van der Waals surface area (Å²) in [6.07, 6.45) is 3.86. The molecule has 0 aliphatic rings. The third-order valence-electron chi connectivity index (χ3n) is 5.46. The molecular formula is C25H23N5O3. The van der Waals surface area contributed by atoms with Gasteiger partial charge in [0, 0.05) is 30.7 Å². The van der Waals surface area contributed by atoms with Gasteiger partial charge in [-0.1, -0.05) is 24.3 Å². The Hall–Kier alpha value is -4.33. The van der Waals surface area contributed by atoms with Gasteiger partial charge in [-0.3, -0.25) is 13.9 Å². The molecule has 2 aromatic carbocycles. The minimum Gasteiger partial charge on any atom is -0.487 e. The van der Waals surface area contributed by atoms with Crippen molar-refractivity contribution >= 4 is 28.3 Å². The Balaban J connectivity index is 1.28. The zero-order chi connectivity index (χ0) is 22.8. The quantitative estimate of drug-likeness (QED) is 0.418. The lowest BCUT2D eigenvalue weighted by molar-refractivity contribution is -0.116. The molecule has 0 bridgehead atoms. The molecule has 0 unspecified atom stereocenters. The third kappa shape index (κ3) is 4.10. The molecule has 8 heteroatoms. The van der Waals surface area contributed by atoms with E-state index in [1.54, 1.807) is 16.7 Å². The largest absolute Gasteiger partial charge is 0.487 e. The van der Waals surface area contributed by atoms with Crippen LogP contribution in [0.3, 0.4) is 0 Å². The number of hydrogen-bond acceptors (Lipinski definition) is 4. The van der Waals surface area contributed by atoms with E-state index in [4.69, 9.17) is 4.74 Å². The highest BCUT2D eigenvalue weighted by Crippen LogP contribution is 2.19. The minimum atomic E-state index is -0.284. The van der Waals surface area contributed by atoms with Crippen LogP contribution in [0.5, 0.6) is 5.75 Å². The Bertz CT molecular complexity index is 1480. The van der Waals surface area contributed by atoms with Gasteiger partial charge in [0.15, 0.2) is 0 Å². The van der Waals surface area contributed by atoms with Gasteiger partial charge < -0.3 is 14.5 Å². The van der Waals surface area contributed by atoms with Gasteiger partial charge >= 0.3 is 5.69 Å². The van der Waals surface area contributed by atoms with Crippen LogP contribution in [-0.4, -0.2) is 24.4 Å². The number of rotatable bonds is 7. The number of aryl methyl sites for hydroxylation is 1. The zero-order valence-corrected chi connectivity index (χ0v) is 18.1. The van der Waals surface area contributed by atoms with Crippen LogP contribution < -0.4 is 15.7 Å². The summed E-state index contributed by atoms with van der Waals surface area (Å²) in [5.41, 5.74) is 3.63. The summed E-state index contributed by atoms with van der Waals surface area (Å²) in [4.78, 5) is 30.0. The topological polar surface area (TPSA) is 82.6 Å². The molecular weight excluding hydrogens is 418 g/mol. The van der Waals surface area contributed by atoms with Gasteiger partial charge in [-0.25, -0.2) is 9.78 Å². The Morgan fingerprint density at radius 1 is 1.00 bits per heavy atom. The van der Waals surface area contributed by atoms with Crippen LogP contribution in [0.15, 0.2) is 83.9 Å². The van der Waals surface area contributed by atoms with Crippen LogP contribution in [0.4, 0.5) is 5.69 Å². The monoisotopic (exact) mass is 441 g/mol. The first kappa shape index (κ1) is 20.6. The Labute approximate surface area is 189 Å². The van der Waals surface area contributed by atoms with Crippen molar-refractivity contribution < 1.29 is 9.53 Å². The minimum absolute atomic E-state index is 0.0708. The number of amides is 1. The van der Waals surface area contributed by atoms with Gasteiger partial charge in [-0.15, -0.1) is 0 Å². The fraction of sp³-hybridized carbons (Fsp3) is 0.160. The Morgan fingerprint density at radius 3 is 2.58 bits per heavy atom. The number of imidazole rings is 2. The predicted molar refractivity (Wildman–Crippen MR) is 126 cm³/mol. The molecule has 0 spiro atoms. The van der Waals surface area contributed by atoms with E-state index in [1.807, 2.05) is 78.3 Å². The van der Waals surface area contributed by atoms with Crippen LogP contribution in [0.1, 0.15) is 12.6 Å². The fourth-order valence-corrected chi connectivity index (χ4v) is 3.95. The maximum Gasteiger partial charge on any atom is 0.329 e. The maximum atomic E-state index is 12.8. The summed E-state index contributed by atoms with van der Waals surface area (Å²) in [6, 6.07) is 20.5. The molecule has 0 aliphatic heterocycles. The molecule has 1 N–H and O–H groups in total. The maximum absolute atomic E-state index is 12.8. The highest BCUT2D eigenvalue weighted by molar-refractivity contribution is 5.91. The molecule has 5 aromatic rings. The number of pyridine rings is 1. The average Bonchev–Trinajstić information content (AvgIpc) is 3.36. The van der Waals surface area contributed by atoms with Gasteiger partial charge in [-0.05, 0) is 43.3 Å². The molecule has 166 valence electrons. The molecule has 5 rings (SSSR count). The summed E-state index contributed by atoms with van der Waals surface area (Å²) < 4.78 is 11.0. The molecule has 8 nitrogen and oxygen atoms in total. The molecule has 3 heterocycles. The number of hydrogen-bond donors (Lipinski definition) is 1. The molecule has 1 amide bonds. The first-order valence-corrected chi connectivity index (χ1v) is 10.8. The highest BCUT2D eigenvalue weighted by Gasteiger charge is 2.14. The molecule has 0 fully saturated rings. The van der Waals surface area contributed by atoms with Gasteiger partial charge in [-0.2, -0.15) is 0 Å². The zero-order valence-electron chi connectivity index (χ0n) is 18.1. The van der Waals surface area contributed by atoms with Crippen molar-refractivity contribution in [3.05, 3.63) is 95.3 Å². The van der Waals surface area contributed by atoms with Gasteiger partial charge in [0.2, 0.25) is 5.91 Å². The fourth-order valence-electron chi connectivity index (χ4n) is 3.95. The molecule has 0 saturated carbocycles. The molecule has 3 aromatic heterocycles. The van der Waals surface area contributed by atoms with Crippen molar-refractivity contribution in [2.24, 2.45) is 0 Å². The van der Waals surface area contributed by atoms with Crippen molar-refractivity contribution in [3.8, 4) is 5.75 Å². The van der Waals surface area contributed by atoms with Crippen LogP contribution in [-0.2, 0) is 24.5 Å². The summed E-state index contributed by atoms with van der Waals surface area (Å²) >= 11 is 0. The molecule has 0 atom stereocenters. The van der Waals surface area contributed by atoms with E-state index in [1.165, 1.54) is 4.57 Å². The standard InChI is InChI=1S/C25H23N5O3/c1-2-29-21-10-3-4-11-22(21)30(25(29)32)16-24(31)27-18-8-7-9-20(14-18)33-17-19-15-28-13-6-5-12-23(28)26-19/h3-15H,2,16-17H2,1H3,(H,27,31). The number of ether oxygens (including phenoxy) is 1. The van der Waals surface area contributed by atoms with E-state index in [0.29, 0.717) is 24.6 Å². The molecule has 0 saturated heterocycles. The number of fused-ring (bicyclic) bond motifs is 2. The first-order valence-electron chi connectivity index (χ1n) is 10.8. The second-order valence-electron chi connectivity index (χ2n) is 7.66. The van der Waals surface area contributed by atoms with Gasteiger partial charge in [0.25, 0.3) is 0 Å². The van der Waals surface area contributed by atoms with E-state index in [0.717, 1.165) is 22.4 Å². The number of anilines is 1. The van der Waals surface area contributed by atoms with E-state index >= 15 is 0 Å². The van der Waals surface area contributed by atoms with Gasteiger partial charge in [0.05, 0.1) is 16.7 Å². The number of aromatic nitrogens is 4. The lowest BCUT2D eigenvalue weighted by atomic mass is 10.3. The number of carbonyl (C=O) groups excluding carboxylic acids is 1. The molecule has 0 radical (unpaired) electrons. The van der Waals surface area contributed by atoms with Crippen molar-refractivity contribution in [2.75, 3.05) is 5.32 Å². The van der Waals surface area contributed by atoms with E-state index in [-0.39, 0.29) is 18.1 Å². The lowest BCUT2D eigenvalue weighted by Gasteiger charge is -2.09. The second-order valence-corrected chi connectivity index (χ2v) is 7.66. The number of nitrogens with one attached hydrogen (secondary N) is 1. The Kier molecular flexibility index (Phi) is 5.40. The summed E-state index contributed by atoms with van der Waals surface area (Å²) in [6.45, 7) is 2.69. The summed E-state index contributed by atoms with van der Waals surface area (Å²) in [5, 5.41) is 2.86. The van der Waals surface area contributed by atoms with E-state index in [2.05, 4.69) is 10.3 Å². The first-order chi connectivity index (χ1) is 16.1. The smallest absolute Gasteiger partial charge is 0.329 e. The van der Waals surface area contributed by atoms with E-state index < -0.39 is 0 Å². The third-order valence-corrected chi connectivity index (χ3v) is 5.46. The number of benzene rings is 2. The number of nitrogens with zero attached hydrogens (tertiary/aromatic N) is 4. The van der Waals surface area contributed by atoms with Crippen LogP contribution in [0, 0.1) is 0 Å². The lowest BCUT2D eigenvalue weighted by Crippen LogP contribution is -2.29. The van der Waals surface area contributed by atoms with Crippen molar-refractivity contribution in [1.82, 2.24) is 18.5 Å². The molecule has 0 aliphatic carbocycles. The highest BCUT2D eigenvalue weighted by atomic mass is 16.5. The predicted octanol–water partition coefficient (Wildman–Crippen LogP) is 3.69. The number of para-hydroxylation sites is 2. The second kappa shape index (κ2) is 8.66. The number of carbonyl (C=O) groups is 1. The van der Waals surface area contributed by atoms with Crippen LogP contribution in [0.2, 0.25) is 0 Å². The van der Waals surface area contributed by atoms with Crippen LogP contribution >= 0.6 is 0 Å². The van der Waals surface area contributed by atoms with Crippen molar-refractivity contribution in [1.29, 1.82) is 0 Å².